The number of nitriles is 2. The van der Waals surface area contributed by atoms with Gasteiger partial charge in [0.15, 0.2) is 0 Å². The Morgan fingerprint density at radius 1 is 0.690 bits per heavy atom. The Balaban J connectivity index is 0.000000158. The van der Waals surface area contributed by atoms with E-state index in [-0.39, 0.29) is 16.7 Å². The van der Waals surface area contributed by atoms with Crippen LogP contribution >= 0.6 is 43.5 Å². The number of nitrogens with zero attached hydrogens (tertiary/aromatic N) is 8. The van der Waals surface area contributed by atoms with Crippen LogP contribution in [0.15, 0.2) is 119 Å². The molecule has 0 saturated carbocycles. The number of rotatable bonds is 8. The maximum absolute atomic E-state index is 9.35. The molecule has 0 spiro atoms. The number of anilines is 1. The Hall–Kier alpha value is -5.97. The summed E-state index contributed by atoms with van der Waals surface area (Å²) in [7, 11) is 0. The van der Waals surface area contributed by atoms with E-state index in [0.29, 0.717) is 28.5 Å². The number of likely N-dealkylation sites (tertiary alicyclic amines) is 2. The number of aryl methyl sites for hydroxylation is 2. The summed E-state index contributed by atoms with van der Waals surface area (Å²) >= 11 is 12.9. The smallest absolute Gasteiger partial charge is 0.223 e. The molecule has 12 nitrogen and oxygen atoms in total. The zero-order valence-corrected chi connectivity index (χ0v) is 44.9. The summed E-state index contributed by atoms with van der Waals surface area (Å²) in [4.78, 5) is 29.3. The van der Waals surface area contributed by atoms with E-state index in [2.05, 4.69) is 172 Å². The van der Waals surface area contributed by atoms with Crippen LogP contribution in [-0.2, 0) is 13.1 Å². The first-order valence-corrected chi connectivity index (χ1v) is 25.7. The fourth-order valence-electron chi connectivity index (χ4n) is 10.2. The molecule has 2 aliphatic heterocycles. The molecule has 2 atom stereocenters. The van der Waals surface area contributed by atoms with Gasteiger partial charge in [-0.25, -0.2) is 19.9 Å². The summed E-state index contributed by atoms with van der Waals surface area (Å²) in [5.74, 6) is 0.648. The summed E-state index contributed by atoms with van der Waals surface area (Å²) in [6, 6.07) is 33.7. The number of nitrogens with one attached hydrogen (secondary N) is 3. The molecule has 2 aliphatic rings. The van der Waals surface area contributed by atoms with Crippen molar-refractivity contribution < 1.29 is 0 Å². The first kappa shape index (κ1) is 51.4. The lowest BCUT2D eigenvalue weighted by Crippen LogP contribution is -2.49. The third-order valence-electron chi connectivity index (χ3n) is 13.0. The van der Waals surface area contributed by atoms with Gasteiger partial charge in [0.25, 0.3) is 0 Å². The molecule has 0 aliphatic carbocycles. The van der Waals surface area contributed by atoms with Gasteiger partial charge in [-0.1, -0.05) is 100 Å². The number of halogens is 3. The fourth-order valence-corrected chi connectivity index (χ4v) is 11.4. The highest BCUT2D eigenvalue weighted by Gasteiger charge is 2.34. The first-order chi connectivity index (χ1) is 34.0. The molecule has 8 aromatic rings. The Morgan fingerprint density at radius 3 is 1.68 bits per heavy atom. The van der Waals surface area contributed by atoms with Crippen LogP contribution < -0.4 is 11.1 Å². The van der Waals surface area contributed by atoms with Crippen molar-refractivity contribution in [2.75, 3.05) is 31.5 Å². The van der Waals surface area contributed by atoms with Gasteiger partial charge in [0.1, 0.15) is 12.1 Å². The summed E-state index contributed by atoms with van der Waals surface area (Å²) in [5, 5.41) is 24.3. The van der Waals surface area contributed by atoms with Crippen molar-refractivity contribution in [3.05, 3.63) is 157 Å². The van der Waals surface area contributed by atoms with E-state index in [4.69, 9.17) is 27.6 Å². The number of piperidine rings is 2. The van der Waals surface area contributed by atoms with Gasteiger partial charge < -0.3 is 21.0 Å². The highest BCUT2D eigenvalue weighted by atomic mass is 79.9. The van der Waals surface area contributed by atoms with Crippen LogP contribution in [0.25, 0.3) is 44.3 Å². The van der Waals surface area contributed by atoms with Crippen molar-refractivity contribution >= 4 is 71.2 Å². The van der Waals surface area contributed by atoms with Gasteiger partial charge in [0, 0.05) is 98.0 Å². The van der Waals surface area contributed by atoms with Crippen molar-refractivity contribution in [3.63, 3.8) is 0 Å². The average Bonchev–Trinajstić information content (AvgIpc) is 3.97. The lowest BCUT2D eigenvalue weighted by molar-refractivity contribution is 0.0960. The summed E-state index contributed by atoms with van der Waals surface area (Å²) < 4.78 is 1.53. The second kappa shape index (κ2) is 22.2. The van der Waals surface area contributed by atoms with Crippen LogP contribution in [0.2, 0.25) is 5.28 Å². The van der Waals surface area contributed by atoms with Crippen LogP contribution in [0, 0.1) is 47.3 Å². The Bertz CT molecular complexity index is 3230. The SMILES string of the molecule is CC1(C)C[C@H](N)CN(Cc2ccccc2)C1.Cc1cnc(Cl)nc1-c1c[nH]c2c(Br)c(C#N)ccc12.Cc1cnc(N[C@@H]2CN(Cc3ccccc3)CC(C)(C)C2)nc1-c1c[nH]c2c(Br)c(C#N)ccc12. The number of H-pyrrole nitrogens is 2. The molecule has 0 radical (unpaired) electrons. The van der Waals surface area contributed by atoms with Crippen molar-refractivity contribution in [2.24, 2.45) is 16.6 Å². The third kappa shape index (κ3) is 12.6. The Kier molecular flexibility index (Phi) is 16.1. The lowest BCUT2D eigenvalue weighted by atomic mass is 9.81. The van der Waals surface area contributed by atoms with Crippen LogP contribution in [-0.4, -0.2) is 78.0 Å². The van der Waals surface area contributed by atoms with Gasteiger partial charge in [-0.05, 0) is 115 Å². The molecule has 2 fully saturated rings. The van der Waals surface area contributed by atoms with E-state index in [0.717, 1.165) is 117 Å². The highest BCUT2D eigenvalue weighted by molar-refractivity contribution is 9.11. The minimum absolute atomic E-state index is 0.194. The van der Waals surface area contributed by atoms with E-state index in [1.165, 1.54) is 11.1 Å². The van der Waals surface area contributed by atoms with Crippen LogP contribution in [0.4, 0.5) is 5.95 Å². The zero-order valence-electron chi connectivity index (χ0n) is 41.0. The van der Waals surface area contributed by atoms with Crippen LogP contribution in [0.3, 0.4) is 0 Å². The average molecular weight is 1100 g/mol. The number of fused-ring (bicyclic) bond motifs is 2. The van der Waals surface area contributed by atoms with Gasteiger partial charge in [0.05, 0.1) is 42.5 Å². The third-order valence-corrected chi connectivity index (χ3v) is 14.8. The lowest BCUT2D eigenvalue weighted by Gasteiger charge is -2.42. The summed E-state index contributed by atoms with van der Waals surface area (Å²) in [6.45, 7) is 19.4. The van der Waals surface area contributed by atoms with Gasteiger partial charge >= 0.3 is 0 Å². The largest absolute Gasteiger partial charge is 0.360 e. The molecule has 5 N–H and O–H groups in total. The molecule has 2 saturated heterocycles. The minimum atomic E-state index is 0.194. The topological polar surface area (TPSA) is 175 Å². The van der Waals surface area contributed by atoms with Crippen LogP contribution in [0.5, 0.6) is 0 Å². The molecule has 364 valence electrons. The summed E-state index contributed by atoms with van der Waals surface area (Å²) in [5.41, 5.74) is 17.9. The molecule has 71 heavy (non-hydrogen) atoms. The van der Waals surface area contributed by atoms with Crippen molar-refractivity contribution in [3.8, 4) is 34.7 Å². The van der Waals surface area contributed by atoms with Gasteiger partial charge in [-0.3, -0.25) is 9.80 Å². The summed E-state index contributed by atoms with van der Waals surface area (Å²) in [6.07, 6.45) is 9.60. The van der Waals surface area contributed by atoms with E-state index in [1.807, 2.05) is 50.6 Å². The number of nitrogens with two attached hydrogens (primary N) is 1. The van der Waals surface area contributed by atoms with Gasteiger partial charge in [-0.15, -0.1) is 0 Å². The minimum Gasteiger partial charge on any atom is -0.360 e. The molecule has 0 amide bonds. The molecular weight excluding hydrogens is 1040 g/mol. The van der Waals surface area contributed by atoms with E-state index >= 15 is 0 Å². The second-order valence-corrected chi connectivity index (χ2v) is 22.3. The predicted molar refractivity (Wildman–Crippen MR) is 294 cm³/mol. The quantitative estimate of drug-likeness (QED) is 0.107. The molecule has 0 unspecified atom stereocenters. The molecule has 15 heteroatoms. The standard InChI is InChI=1S/C28H29BrN6.C14H8BrClN4.C14H22N2/c1-18-13-32-27(34-25(18)23-14-31-26-22(23)10-9-20(12-30)24(26)29)33-21-11-28(2,3)17-35(16-21)15-19-7-5-4-6-8-19;1-7-5-19-14(16)20-12(7)10-6-18-13-9(10)3-2-8(4-17)11(13)15;1-14(2)8-13(15)10-16(11-14)9-12-6-4-3-5-7-12/h4-10,13-14,21,31H,11,15-17H2,1-3H3,(H,32,33,34);2-3,5-6,18H,1H3;3-7,13H,8-11,15H2,1-2H3/t21-;;13-/m0.0/s1. The van der Waals surface area contributed by atoms with E-state index in [9.17, 15) is 5.26 Å². The van der Waals surface area contributed by atoms with Crippen molar-refractivity contribution in [1.29, 1.82) is 10.5 Å². The maximum Gasteiger partial charge on any atom is 0.223 e. The predicted octanol–water partition coefficient (Wildman–Crippen LogP) is 12.7. The molecular formula is C56H59Br2ClN12. The zero-order chi connectivity index (χ0) is 50.5. The van der Waals surface area contributed by atoms with E-state index in [1.54, 1.807) is 12.3 Å². The van der Waals surface area contributed by atoms with Gasteiger partial charge in [-0.2, -0.15) is 10.5 Å². The Morgan fingerprint density at radius 2 is 1.17 bits per heavy atom. The normalized spacial score (nSPS) is 17.6. The highest BCUT2D eigenvalue weighted by Crippen LogP contribution is 2.37. The number of hydrogen-bond donors (Lipinski definition) is 4. The number of aromatic amines is 2. The molecule has 6 heterocycles. The second-order valence-electron chi connectivity index (χ2n) is 20.4. The first-order valence-electron chi connectivity index (χ1n) is 23.8. The van der Waals surface area contributed by atoms with Crippen molar-refractivity contribution in [2.45, 2.75) is 79.6 Å². The number of aromatic nitrogens is 6. The molecule has 4 aromatic heterocycles. The fraction of sp³-hybridized carbons (Fsp3) is 0.321. The maximum atomic E-state index is 9.35. The molecule has 0 bridgehead atoms. The number of hydrogen-bond acceptors (Lipinski definition) is 10. The number of benzene rings is 4. The van der Waals surface area contributed by atoms with Crippen molar-refractivity contribution in [1.82, 2.24) is 39.7 Å². The molecule has 10 rings (SSSR count). The molecule has 4 aromatic carbocycles. The van der Waals surface area contributed by atoms with Crippen LogP contribution in [0.1, 0.15) is 73.9 Å². The monoisotopic (exact) mass is 1090 g/mol. The van der Waals surface area contributed by atoms with Gasteiger partial charge in [0.2, 0.25) is 11.2 Å². The Labute approximate surface area is 438 Å². The van der Waals surface area contributed by atoms with E-state index < -0.39 is 0 Å².